The molecule has 1 aromatic heterocycles. The van der Waals surface area contributed by atoms with Crippen molar-refractivity contribution in [1.82, 2.24) is 4.90 Å². The van der Waals surface area contributed by atoms with Gasteiger partial charge in [0, 0.05) is 18.2 Å². The molecular weight excluding hydrogens is 519 g/mol. The molecule has 0 aliphatic carbocycles. The monoisotopic (exact) mass is 549 g/mol. The molecule has 0 radical (unpaired) electrons. The van der Waals surface area contributed by atoms with E-state index in [1.54, 1.807) is 30.5 Å². The first kappa shape index (κ1) is 30.8. The third kappa shape index (κ3) is 10.1. The Kier molecular flexibility index (Phi) is 12.1. The summed E-state index contributed by atoms with van der Waals surface area (Å²) in [6.45, 7) is 7.09. The van der Waals surface area contributed by atoms with Crippen LogP contribution in [-0.4, -0.2) is 57.5 Å². The molecular formula is C24H30F3NO4S3. The molecule has 1 aromatic carbocycles. The SMILES string of the molecule is C=C(/C=C(/c1ccc(-c2cccc(S(C)(=O)=O)c2)s1)N(C)CC(=O)OCSC)C(F)(F)F.CCC. The third-order valence-corrected chi connectivity index (χ3v) is 6.82. The second kappa shape index (κ2) is 13.7. The van der Waals surface area contributed by atoms with Crippen LogP contribution in [0.5, 0.6) is 0 Å². The first-order valence-corrected chi connectivity index (χ1v) is 14.6. The van der Waals surface area contributed by atoms with Crippen molar-refractivity contribution in [2.24, 2.45) is 0 Å². The summed E-state index contributed by atoms with van der Waals surface area (Å²) < 4.78 is 68.1. The Morgan fingerprint density at radius 1 is 1.23 bits per heavy atom. The van der Waals surface area contributed by atoms with Crippen molar-refractivity contribution in [2.45, 2.75) is 31.3 Å². The van der Waals surface area contributed by atoms with Crippen molar-refractivity contribution in [2.75, 3.05) is 32.0 Å². The Hall–Kier alpha value is -2.24. The predicted molar refractivity (Wildman–Crippen MR) is 139 cm³/mol. The molecule has 194 valence electrons. The van der Waals surface area contributed by atoms with Gasteiger partial charge in [0.15, 0.2) is 9.84 Å². The maximum atomic E-state index is 13.1. The molecule has 0 saturated carbocycles. The molecule has 5 nitrogen and oxygen atoms in total. The maximum Gasteiger partial charge on any atom is 0.415 e. The maximum absolute atomic E-state index is 13.1. The number of ether oxygens (including phenoxy) is 1. The molecule has 0 unspecified atom stereocenters. The Morgan fingerprint density at radius 2 is 1.86 bits per heavy atom. The molecule has 0 bridgehead atoms. The van der Waals surface area contributed by atoms with Crippen molar-refractivity contribution < 1.29 is 31.1 Å². The average Bonchev–Trinajstić information content (AvgIpc) is 3.25. The van der Waals surface area contributed by atoms with Gasteiger partial charge in [-0.2, -0.15) is 13.2 Å². The number of allylic oxidation sites excluding steroid dienone is 2. The summed E-state index contributed by atoms with van der Waals surface area (Å²) in [5.74, 6) is -0.441. The number of benzene rings is 1. The Bertz CT molecular complexity index is 1140. The first-order chi connectivity index (χ1) is 16.2. The van der Waals surface area contributed by atoms with Crippen LogP contribution in [-0.2, 0) is 19.4 Å². The topological polar surface area (TPSA) is 63.7 Å². The summed E-state index contributed by atoms with van der Waals surface area (Å²) in [4.78, 5) is 14.6. The lowest BCUT2D eigenvalue weighted by Crippen LogP contribution is -2.26. The predicted octanol–water partition coefficient (Wildman–Crippen LogP) is 6.49. The van der Waals surface area contributed by atoms with E-state index in [1.165, 1.54) is 53.6 Å². The molecule has 2 aromatic rings. The second-order valence-electron chi connectivity index (χ2n) is 7.50. The number of sulfone groups is 1. The van der Waals surface area contributed by atoms with E-state index in [-0.39, 0.29) is 23.1 Å². The number of alkyl halides is 3. The van der Waals surface area contributed by atoms with Crippen LogP contribution in [0.4, 0.5) is 13.2 Å². The Morgan fingerprint density at radius 3 is 2.40 bits per heavy atom. The van der Waals surface area contributed by atoms with Crippen molar-refractivity contribution in [3.05, 3.63) is 59.5 Å². The van der Waals surface area contributed by atoms with Crippen molar-refractivity contribution in [1.29, 1.82) is 0 Å². The number of hydrogen-bond donors (Lipinski definition) is 0. The van der Waals surface area contributed by atoms with Crippen LogP contribution in [0.2, 0.25) is 0 Å². The molecule has 0 N–H and O–H groups in total. The molecule has 0 atom stereocenters. The van der Waals surface area contributed by atoms with Gasteiger partial charge in [-0.25, -0.2) is 8.42 Å². The molecule has 0 fully saturated rings. The summed E-state index contributed by atoms with van der Waals surface area (Å²) in [6, 6.07) is 9.59. The van der Waals surface area contributed by atoms with Gasteiger partial charge in [-0.3, -0.25) is 4.79 Å². The van der Waals surface area contributed by atoms with E-state index < -0.39 is 27.6 Å². The van der Waals surface area contributed by atoms with Crippen LogP contribution in [0, 0.1) is 0 Å². The molecule has 35 heavy (non-hydrogen) atoms. The first-order valence-electron chi connectivity index (χ1n) is 10.5. The number of esters is 1. The average molecular weight is 550 g/mol. The molecule has 0 spiro atoms. The highest BCUT2D eigenvalue weighted by Crippen LogP contribution is 2.36. The van der Waals surface area contributed by atoms with Gasteiger partial charge in [0.2, 0.25) is 0 Å². The minimum Gasteiger partial charge on any atom is -0.453 e. The zero-order chi connectivity index (χ0) is 26.8. The molecule has 1 heterocycles. The highest BCUT2D eigenvalue weighted by molar-refractivity contribution is 7.98. The third-order valence-electron chi connectivity index (χ3n) is 4.20. The van der Waals surface area contributed by atoms with Crippen molar-refractivity contribution >= 4 is 44.6 Å². The van der Waals surface area contributed by atoms with Crippen LogP contribution >= 0.6 is 23.1 Å². The zero-order valence-electron chi connectivity index (χ0n) is 20.3. The van der Waals surface area contributed by atoms with Gasteiger partial charge in [0.1, 0.15) is 12.5 Å². The Balaban J connectivity index is 0.00000194. The van der Waals surface area contributed by atoms with Crippen LogP contribution in [0.15, 0.2) is 59.5 Å². The fraction of sp³-hybridized carbons (Fsp3) is 0.375. The lowest BCUT2D eigenvalue weighted by Gasteiger charge is -2.22. The fourth-order valence-corrected chi connectivity index (χ4v) is 4.57. The minimum absolute atomic E-state index is 0.139. The number of carbonyl (C=O) groups is 1. The highest BCUT2D eigenvalue weighted by Gasteiger charge is 2.31. The quantitative estimate of drug-likeness (QED) is 0.202. The van der Waals surface area contributed by atoms with E-state index in [2.05, 4.69) is 20.4 Å². The summed E-state index contributed by atoms with van der Waals surface area (Å²) in [6.07, 6.45) is 0.349. The number of thiophene rings is 1. The second-order valence-corrected chi connectivity index (χ2v) is 11.4. The number of thioether (sulfide) groups is 1. The lowest BCUT2D eigenvalue weighted by molar-refractivity contribution is -0.141. The number of halogens is 3. The van der Waals surface area contributed by atoms with Crippen molar-refractivity contribution in [3.63, 3.8) is 0 Å². The van der Waals surface area contributed by atoms with Gasteiger partial charge >= 0.3 is 12.1 Å². The molecule has 2 rings (SSSR count). The molecule has 11 heteroatoms. The van der Waals surface area contributed by atoms with Gasteiger partial charge in [0.25, 0.3) is 0 Å². The van der Waals surface area contributed by atoms with E-state index in [0.29, 0.717) is 15.3 Å². The number of rotatable bonds is 9. The van der Waals surface area contributed by atoms with Gasteiger partial charge in [-0.15, -0.1) is 23.1 Å². The van der Waals surface area contributed by atoms with Crippen LogP contribution in [0.3, 0.4) is 0 Å². The summed E-state index contributed by atoms with van der Waals surface area (Å²) >= 11 is 2.47. The van der Waals surface area contributed by atoms with Gasteiger partial charge < -0.3 is 9.64 Å². The van der Waals surface area contributed by atoms with E-state index >= 15 is 0 Å². The molecule has 0 aliphatic rings. The van der Waals surface area contributed by atoms with Crippen molar-refractivity contribution in [3.8, 4) is 10.4 Å². The number of nitrogens with zero attached hydrogens (tertiary/aromatic N) is 1. The zero-order valence-corrected chi connectivity index (χ0v) is 22.8. The summed E-state index contributed by atoms with van der Waals surface area (Å²) in [5, 5.41) is 0. The van der Waals surface area contributed by atoms with Gasteiger partial charge in [-0.05, 0) is 42.2 Å². The summed E-state index contributed by atoms with van der Waals surface area (Å²) in [5.41, 5.74) is -0.310. The van der Waals surface area contributed by atoms with Crippen LogP contribution < -0.4 is 0 Å². The smallest absolute Gasteiger partial charge is 0.415 e. The van der Waals surface area contributed by atoms with Crippen LogP contribution in [0.25, 0.3) is 16.1 Å². The summed E-state index contributed by atoms with van der Waals surface area (Å²) in [7, 11) is -1.93. The Labute approximate surface area is 213 Å². The number of likely N-dealkylation sites (N-methyl/N-ethyl adjacent to an activating group) is 1. The largest absolute Gasteiger partial charge is 0.453 e. The molecule has 0 amide bonds. The van der Waals surface area contributed by atoms with E-state index in [1.807, 2.05) is 0 Å². The normalized spacial score (nSPS) is 11.9. The molecule has 0 saturated heterocycles. The highest BCUT2D eigenvalue weighted by atomic mass is 32.2. The van der Waals surface area contributed by atoms with Gasteiger partial charge in [-0.1, -0.05) is 39.0 Å². The lowest BCUT2D eigenvalue weighted by atomic mass is 10.2. The minimum atomic E-state index is -4.63. The van der Waals surface area contributed by atoms with E-state index in [4.69, 9.17) is 4.74 Å². The van der Waals surface area contributed by atoms with E-state index in [0.717, 1.165) is 12.3 Å². The fourth-order valence-electron chi connectivity index (χ4n) is 2.58. The number of hydrogen-bond acceptors (Lipinski definition) is 7. The van der Waals surface area contributed by atoms with E-state index in [9.17, 15) is 26.4 Å². The van der Waals surface area contributed by atoms with Crippen LogP contribution in [0.1, 0.15) is 25.1 Å². The molecule has 0 aliphatic heterocycles. The standard InChI is InChI=1S/C21H22F3NO4S3.C3H8/c1-14(21(22,23)24)10-17(25(2)12-20(26)29-13-30-3)19-9-8-18(31-19)15-6-5-7-16(11-15)32(4,27)28;1-3-2/h5-11H,1,12-13H2,2-4H3;3H2,1-2H3/b17-10-;. The van der Waals surface area contributed by atoms with Gasteiger partial charge in [0.05, 0.1) is 21.0 Å². The number of carbonyl (C=O) groups excluding carboxylic acids is 1.